The Balaban J connectivity index is 0.894. The first-order valence-electron chi connectivity index (χ1n) is 23.9. The second kappa shape index (κ2) is 17.2. The highest BCUT2D eigenvalue weighted by molar-refractivity contribution is 5.94. The molecule has 10 atom stereocenters. The molecule has 5 aliphatic carbocycles. The number of fused-ring (bicyclic) bond motifs is 7. The van der Waals surface area contributed by atoms with Crippen molar-refractivity contribution in [3.63, 3.8) is 0 Å². The van der Waals surface area contributed by atoms with Crippen molar-refractivity contribution >= 4 is 17.8 Å². The topological polar surface area (TPSA) is 143 Å². The smallest absolute Gasteiger partial charge is 0.339 e. The van der Waals surface area contributed by atoms with Crippen LogP contribution in [0.1, 0.15) is 144 Å². The highest BCUT2D eigenvalue weighted by Crippen LogP contribution is 2.77. The van der Waals surface area contributed by atoms with E-state index in [9.17, 15) is 24.6 Å². The summed E-state index contributed by atoms with van der Waals surface area (Å²) in [4.78, 5) is 44.2. The predicted molar refractivity (Wildman–Crippen MR) is 245 cm³/mol. The molecule has 5 saturated carbocycles. The van der Waals surface area contributed by atoms with Gasteiger partial charge in [0.15, 0.2) is 0 Å². The van der Waals surface area contributed by atoms with Crippen LogP contribution in [0.25, 0.3) is 0 Å². The Morgan fingerprint density at radius 1 is 0.889 bits per heavy atom. The molecule has 0 saturated heterocycles. The van der Waals surface area contributed by atoms with Crippen LogP contribution in [0.3, 0.4) is 0 Å². The standard InChI is InChI=1S/C53H72N4O6/c1-34(2)38-16-22-53(24-23-51(6)40(45(38)53)13-15-43-50(5)20-18-44(58)49(3,4)42(50)17-21-52(43,51)7)48(62)55-25-19-35-10-8-11-37(30-35)46(59)56-32-36-12-14-41(39(31-36)47(60)61)63-29-9-27-57-28-26-54-33-57/h8,10-12,14,26,28,30-31,33,38,40,42-45,58H,1,9,13,15-25,27,29,32H2,2-7H3,(H,55,62)(H,56,59)(H,60,61)/t38-,40?,42?,43?,44-,45?,50-,51+,52+,53-/m0/s1. The third-order valence-electron chi connectivity index (χ3n) is 18.5. The lowest BCUT2D eigenvalue weighted by Crippen LogP contribution is -2.67. The molecule has 3 aromatic rings. The number of carboxylic acids is 1. The van der Waals surface area contributed by atoms with E-state index in [-0.39, 0.29) is 57.6 Å². The van der Waals surface area contributed by atoms with Crippen molar-refractivity contribution in [1.29, 1.82) is 0 Å². The van der Waals surface area contributed by atoms with E-state index in [1.54, 1.807) is 36.8 Å². The SMILES string of the molecule is C=C(C)[C@@H]1CC[C@]2(C(=O)NCCc3cccc(C(=O)NCc4ccc(OCCCn5ccnc5)c(C(=O)O)c4)c3)CC[C@]3(C)C(CCC4[C@@]5(C)CC[C@H](O)C(C)(C)C5CC[C@]43C)C12. The van der Waals surface area contributed by atoms with E-state index in [1.807, 2.05) is 29.0 Å². The number of aromatic nitrogens is 2. The van der Waals surface area contributed by atoms with Gasteiger partial charge in [0.05, 0.1) is 24.5 Å². The Labute approximate surface area is 375 Å². The molecule has 5 fully saturated rings. The molecular formula is C53H72N4O6. The maximum absolute atomic E-state index is 14.8. The molecule has 4 N–H and O–H groups in total. The van der Waals surface area contributed by atoms with Crippen molar-refractivity contribution < 1.29 is 29.3 Å². The molecule has 1 heterocycles. The number of amides is 2. The lowest BCUT2D eigenvalue weighted by atomic mass is 9.32. The fourth-order valence-electron chi connectivity index (χ4n) is 15.0. The number of carboxylic acid groups (broad SMARTS) is 1. The molecule has 2 aromatic carbocycles. The zero-order valence-electron chi connectivity index (χ0n) is 38.7. The molecule has 0 bridgehead atoms. The van der Waals surface area contributed by atoms with Crippen LogP contribution in [-0.2, 0) is 24.3 Å². The summed E-state index contributed by atoms with van der Waals surface area (Å²) in [5.74, 6) is 1.38. The number of benzene rings is 2. The number of carbonyl (C=O) groups is 3. The molecule has 5 aliphatic rings. The first-order valence-corrected chi connectivity index (χ1v) is 23.9. The Hall–Kier alpha value is -4.44. The van der Waals surface area contributed by atoms with Crippen LogP contribution in [0.2, 0.25) is 0 Å². The van der Waals surface area contributed by atoms with Gasteiger partial charge in [0, 0.05) is 37.6 Å². The van der Waals surface area contributed by atoms with E-state index in [1.165, 1.54) is 24.8 Å². The van der Waals surface area contributed by atoms with Gasteiger partial charge in [-0.2, -0.15) is 0 Å². The number of ether oxygens (including phenoxy) is 1. The molecule has 0 spiro atoms. The van der Waals surface area contributed by atoms with E-state index in [0.29, 0.717) is 73.1 Å². The normalized spacial score (nSPS) is 34.1. The Kier molecular flexibility index (Phi) is 12.3. The number of nitrogens with one attached hydrogen (secondary N) is 2. The average molecular weight is 861 g/mol. The van der Waals surface area contributed by atoms with Crippen molar-refractivity contribution in [3.8, 4) is 5.75 Å². The van der Waals surface area contributed by atoms with Crippen molar-refractivity contribution in [3.05, 3.63) is 95.6 Å². The van der Waals surface area contributed by atoms with Crippen LogP contribution in [0, 0.1) is 56.7 Å². The van der Waals surface area contributed by atoms with Gasteiger partial charge in [0.25, 0.3) is 5.91 Å². The lowest BCUT2D eigenvalue weighted by molar-refractivity contribution is -0.246. The summed E-state index contributed by atoms with van der Waals surface area (Å²) < 4.78 is 7.75. The molecule has 4 unspecified atom stereocenters. The van der Waals surface area contributed by atoms with Crippen molar-refractivity contribution in [2.24, 2.45) is 56.7 Å². The molecule has 63 heavy (non-hydrogen) atoms. The number of aromatic carboxylic acids is 1. The van der Waals surface area contributed by atoms with E-state index >= 15 is 0 Å². The van der Waals surface area contributed by atoms with E-state index in [0.717, 1.165) is 50.5 Å². The molecule has 0 radical (unpaired) electrons. The average Bonchev–Trinajstić information content (AvgIpc) is 3.93. The number of imidazole rings is 1. The van der Waals surface area contributed by atoms with Gasteiger partial charge < -0.3 is 30.2 Å². The number of aryl methyl sites for hydroxylation is 1. The Morgan fingerprint density at radius 3 is 2.44 bits per heavy atom. The fourth-order valence-corrected chi connectivity index (χ4v) is 15.0. The highest BCUT2D eigenvalue weighted by atomic mass is 16.5. The second-order valence-corrected chi connectivity index (χ2v) is 21.7. The number of rotatable bonds is 14. The molecular weight excluding hydrogens is 789 g/mol. The van der Waals surface area contributed by atoms with Gasteiger partial charge in [-0.05, 0) is 171 Å². The first kappa shape index (κ1) is 45.1. The first-order chi connectivity index (χ1) is 29.9. The van der Waals surface area contributed by atoms with Crippen LogP contribution in [0.15, 0.2) is 73.3 Å². The monoisotopic (exact) mass is 861 g/mol. The number of hydrogen-bond donors (Lipinski definition) is 4. The third-order valence-corrected chi connectivity index (χ3v) is 18.5. The number of carbonyl (C=O) groups excluding carboxylic acids is 2. The minimum absolute atomic E-state index is 0.0540. The zero-order chi connectivity index (χ0) is 45.0. The molecule has 2 amide bonds. The molecule has 340 valence electrons. The van der Waals surface area contributed by atoms with Crippen molar-refractivity contribution in [2.75, 3.05) is 13.2 Å². The Bertz CT molecular complexity index is 2200. The van der Waals surface area contributed by atoms with Gasteiger partial charge in [0.2, 0.25) is 5.91 Å². The van der Waals surface area contributed by atoms with Gasteiger partial charge in [-0.25, -0.2) is 9.78 Å². The summed E-state index contributed by atoms with van der Waals surface area (Å²) in [6.07, 6.45) is 17.0. The summed E-state index contributed by atoms with van der Waals surface area (Å²) in [7, 11) is 0. The van der Waals surface area contributed by atoms with E-state index < -0.39 is 11.4 Å². The maximum atomic E-state index is 14.8. The summed E-state index contributed by atoms with van der Waals surface area (Å²) in [5, 5.41) is 27.4. The summed E-state index contributed by atoms with van der Waals surface area (Å²) in [6, 6.07) is 12.5. The summed E-state index contributed by atoms with van der Waals surface area (Å²) in [5.41, 5.74) is 3.48. The molecule has 1 aromatic heterocycles. The lowest BCUT2D eigenvalue weighted by Gasteiger charge is -2.72. The van der Waals surface area contributed by atoms with E-state index in [2.05, 4.69) is 63.7 Å². The van der Waals surface area contributed by atoms with Crippen LogP contribution in [0.4, 0.5) is 0 Å². The maximum Gasteiger partial charge on any atom is 0.339 e. The molecule has 8 rings (SSSR count). The molecule has 10 nitrogen and oxygen atoms in total. The second-order valence-electron chi connectivity index (χ2n) is 21.7. The highest BCUT2D eigenvalue weighted by Gasteiger charge is 2.71. The van der Waals surface area contributed by atoms with Crippen molar-refractivity contribution in [2.45, 2.75) is 138 Å². The predicted octanol–water partition coefficient (Wildman–Crippen LogP) is 9.66. The molecule has 0 aliphatic heterocycles. The van der Waals surface area contributed by atoms with Crippen molar-refractivity contribution in [1.82, 2.24) is 20.2 Å². The van der Waals surface area contributed by atoms with Gasteiger partial charge in [-0.15, -0.1) is 0 Å². The zero-order valence-corrected chi connectivity index (χ0v) is 38.7. The number of allylic oxidation sites excluding steroid dienone is 1. The number of hydrogen-bond acceptors (Lipinski definition) is 6. The van der Waals surface area contributed by atoms with Gasteiger partial charge in [-0.3, -0.25) is 9.59 Å². The van der Waals surface area contributed by atoms with Crippen LogP contribution in [-0.4, -0.2) is 56.8 Å². The number of aliphatic hydroxyl groups is 1. The summed E-state index contributed by atoms with van der Waals surface area (Å²) >= 11 is 0. The minimum atomic E-state index is -1.09. The number of aliphatic hydroxyl groups excluding tert-OH is 1. The number of nitrogens with zero attached hydrogens (tertiary/aromatic N) is 2. The van der Waals surface area contributed by atoms with E-state index in [4.69, 9.17) is 4.74 Å². The molecule has 10 heteroatoms. The Morgan fingerprint density at radius 2 is 1.70 bits per heavy atom. The third kappa shape index (κ3) is 7.84. The van der Waals surface area contributed by atoms with Crippen LogP contribution in [0.5, 0.6) is 5.75 Å². The largest absolute Gasteiger partial charge is 0.493 e. The van der Waals surface area contributed by atoms with Gasteiger partial charge >= 0.3 is 5.97 Å². The van der Waals surface area contributed by atoms with Gasteiger partial charge in [-0.1, -0.05) is 65.0 Å². The van der Waals surface area contributed by atoms with Crippen LogP contribution < -0.4 is 15.4 Å². The fraction of sp³-hybridized carbons (Fsp3) is 0.623. The van der Waals surface area contributed by atoms with Crippen LogP contribution >= 0.6 is 0 Å². The van der Waals surface area contributed by atoms with Gasteiger partial charge in [0.1, 0.15) is 11.3 Å². The minimum Gasteiger partial charge on any atom is -0.493 e. The quantitative estimate of drug-likeness (QED) is 0.0934. The summed E-state index contributed by atoms with van der Waals surface area (Å²) in [6.45, 7) is 20.9.